The fourth-order valence-electron chi connectivity index (χ4n) is 0.926. The van der Waals surface area contributed by atoms with Gasteiger partial charge in [0, 0.05) is 0 Å². The Kier molecular flexibility index (Phi) is 5.70. The zero-order valence-corrected chi connectivity index (χ0v) is 9.30. The van der Waals surface area contributed by atoms with Crippen molar-refractivity contribution in [1.82, 2.24) is 5.32 Å². The van der Waals surface area contributed by atoms with Crippen LogP contribution in [0.2, 0.25) is 0 Å². The highest BCUT2D eigenvalue weighted by Gasteiger charge is 2.20. The first-order valence-electron chi connectivity index (χ1n) is 4.05. The van der Waals surface area contributed by atoms with Crippen LogP contribution >= 0.6 is 15.9 Å². The topological polar surface area (TPSA) is 66.4 Å². The minimum atomic E-state index is -0.983. The van der Waals surface area contributed by atoms with Crippen molar-refractivity contribution in [2.75, 3.05) is 5.33 Å². The molecule has 0 aliphatic carbocycles. The van der Waals surface area contributed by atoms with Crippen LogP contribution in [0, 0.1) is 5.92 Å². The van der Waals surface area contributed by atoms with E-state index in [4.69, 9.17) is 5.11 Å². The average Bonchev–Trinajstić information content (AvgIpc) is 2.02. The van der Waals surface area contributed by atoms with E-state index in [1.165, 1.54) is 0 Å². The number of alkyl halides is 1. The second-order valence-corrected chi connectivity index (χ2v) is 3.78. The summed E-state index contributed by atoms with van der Waals surface area (Å²) in [5.41, 5.74) is 0. The number of carbonyl (C=O) groups is 2. The van der Waals surface area contributed by atoms with Gasteiger partial charge in [0.1, 0.15) is 6.04 Å². The van der Waals surface area contributed by atoms with Crippen molar-refractivity contribution in [2.24, 2.45) is 5.92 Å². The van der Waals surface area contributed by atoms with Crippen molar-refractivity contribution in [2.45, 2.75) is 26.3 Å². The first kappa shape index (κ1) is 12.4. The predicted molar refractivity (Wildman–Crippen MR) is 52.8 cm³/mol. The Balaban J connectivity index is 4.10. The molecule has 0 spiro atoms. The summed E-state index contributed by atoms with van der Waals surface area (Å²) < 4.78 is 0. The Morgan fingerprint density at radius 2 is 2.00 bits per heavy atom. The molecule has 76 valence electrons. The number of nitrogens with one attached hydrogen (secondary N) is 1. The normalized spacial score (nSPS) is 12.6. The SMILES string of the molecule is CC(C)C[C@H](NC(=O)CBr)C(=O)O. The van der Waals surface area contributed by atoms with Gasteiger partial charge in [0.05, 0.1) is 5.33 Å². The molecule has 13 heavy (non-hydrogen) atoms. The third-order valence-corrected chi connectivity index (χ3v) is 1.97. The molecule has 1 amide bonds. The van der Waals surface area contributed by atoms with Gasteiger partial charge >= 0.3 is 5.97 Å². The van der Waals surface area contributed by atoms with Gasteiger partial charge in [-0.1, -0.05) is 29.8 Å². The summed E-state index contributed by atoms with van der Waals surface area (Å²) in [6.07, 6.45) is 0.452. The second-order valence-electron chi connectivity index (χ2n) is 3.22. The molecule has 0 aromatic rings. The van der Waals surface area contributed by atoms with Crippen molar-refractivity contribution in [3.63, 3.8) is 0 Å². The van der Waals surface area contributed by atoms with E-state index in [2.05, 4.69) is 21.2 Å². The van der Waals surface area contributed by atoms with Gasteiger partial charge in [0.25, 0.3) is 0 Å². The van der Waals surface area contributed by atoms with Crippen LogP contribution in [0.1, 0.15) is 20.3 Å². The van der Waals surface area contributed by atoms with Gasteiger partial charge in [0.2, 0.25) is 5.91 Å². The third kappa shape index (κ3) is 5.63. The molecule has 0 rings (SSSR count). The van der Waals surface area contributed by atoms with E-state index in [1.54, 1.807) is 0 Å². The number of hydrogen-bond acceptors (Lipinski definition) is 2. The van der Waals surface area contributed by atoms with E-state index in [0.29, 0.717) is 6.42 Å². The molecule has 0 fully saturated rings. The smallest absolute Gasteiger partial charge is 0.326 e. The highest BCUT2D eigenvalue weighted by atomic mass is 79.9. The maximum Gasteiger partial charge on any atom is 0.326 e. The summed E-state index contributed by atoms with van der Waals surface area (Å²) in [6, 6.07) is -0.773. The zero-order valence-electron chi connectivity index (χ0n) is 7.71. The Bertz CT molecular complexity index is 194. The lowest BCUT2D eigenvalue weighted by molar-refractivity contribution is -0.141. The molecule has 0 saturated heterocycles. The van der Waals surface area contributed by atoms with Crippen LogP contribution in [0.15, 0.2) is 0 Å². The number of halogens is 1. The van der Waals surface area contributed by atoms with Crippen molar-refractivity contribution in [1.29, 1.82) is 0 Å². The number of rotatable bonds is 5. The quantitative estimate of drug-likeness (QED) is 0.717. The number of carbonyl (C=O) groups excluding carboxylic acids is 1. The largest absolute Gasteiger partial charge is 0.480 e. The number of carboxylic acid groups (broad SMARTS) is 1. The van der Waals surface area contributed by atoms with Gasteiger partial charge in [-0.2, -0.15) is 0 Å². The molecule has 5 heteroatoms. The minimum Gasteiger partial charge on any atom is -0.480 e. The summed E-state index contributed by atoms with van der Waals surface area (Å²) >= 11 is 2.95. The Morgan fingerprint density at radius 1 is 1.46 bits per heavy atom. The van der Waals surface area contributed by atoms with Crippen LogP contribution in [0.25, 0.3) is 0 Å². The number of carboxylic acids is 1. The maximum absolute atomic E-state index is 10.9. The summed E-state index contributed by atoms with van der Waals surface area (Å²) in [7, 11) is 0. The third-order valence-electron chi connectivity index (χ3n) is 1.46. The summed E-state index contributed by atoms with van der Waals surface area (Å²) in [5.74, 6) is -1.03. The average molecular weight is 252 g/mol. The van der Waals surface area contributed by atoms with Crippen LogP contribution in [0.5, 0.6) is 0 Å². The molecule has 4 nitrogen and oxygen atoms in total. The van der Waals surface area contributed by atoms with Crippen LogP contribution in [0.3, 0.4) is 0 Å². The van der Waals surface area contributed by atoms with Gasteiger partial charge in [-0.25, -0.2) is 4.79 Å². The summed E-state index contributed by atoms with van der Waals surface area (Å²) in [4.78, 5) is 21.5. The molecular weight excluding hydrogens is 238 g/mol. The van der Waals surface area contributed by atoms with Crippen molar-refractivity contribution < 1.29 is 14.7 Å². The van der Waals surface area contributed by atoms with E-state index < -0.39 is 12.0 Å². The number of aliphatic carboxylic acids is 1. The fraction of sp³-hybridized carbons (Fsp3) is 0.750. The molecule has 2 N–H and O–H groups in total. The molecule has 0 unspecified atom stereocenters. The molecule has 0 aromatic heterocycles. The van der Waals surface area contributed by atoms with Gasteiger partial charge in [-0.3, -0.25) is 4.79 Å². The van der Waals surface area contributed by atoms with Gasteiger partial charge < -0.3 is 10.4 Å². The van der Waals surface area contributed by atoms with E-state index in [1.807, 2.05) is 13.8 Å². The van der Waals surface area contributed by atoms with Gasteiger partial charge in [-0.05, 0) is 12.3 Å². The predicted octanol–water partition coefficient (Wildman–Crippen LogP) is 0.997. The zero-order chi connectivity index (χ0) is 10.4. The first-order valence-corrected chi connectivity index (χ1v) is 5.17. The molecule has 0 aliphatic rings. The maximum atomic E-state index is 10.9. The number of amides is 1. The summed E-state index contributed by atoms with van der Waals surface area (Å²) in [6.45, 7) is 3.83. The van der Waals surface area contributed by atoms with Crippen LogP contribution < -0.4 is 5.32 Å². The lowest BCUT2D eigenvalue weighted by atomic mass is 10.0. The lowest BCUT2D eigenvalue weighted by Crippen LogP contribution is -2.42. The van der Waals surface area contributed by atoms with E-state index >= 15 is 0 Å². The van der Waals surface area contributed by atoms with Gasteiger partial charge in [-0.15, -0.1) is 0 Å². The molecular formula is C8H14BrNO3. The van der Waals surface area contributed by atoms with Crippen LogP contribution in [0.4, 0.5) is 0 Å². The van der Waals surface area contributed by atoms with Crippen LogP contribution in [-0.4, -0.2) is 28.4 Å². The lowest BCUT2D eigenvalue weighted by Gasteiger charge is -2.15. The van der Waals surface area contributed by atoms with Gasteiger partial charge in [0.15, 0.2) is 0 Å². The fourth-order valence-corrected chi connectivity index (χ4v) is 1.09. The molecule has 0 aliphatic heterocycles. The highest BCUT2D eigenvalue weighted by molar-refractivity contribution is 9.09. The molecule has 0 radical (unpaired) electrons. The minimum absolute atomic E-state index is 0.134. The van der Waals surface area contributed by atoms with Crippen LogP contribution in [-0.2, 0) is 9.59 Å². The van der Waals surface area contributed by atoms with Crippen molar-refractivity contribution in [3.8, 4) is 0 Å². The van der Waals surface area contributed by atoms with E-state index in [9.17, 15) is 9.59 Å². The molecule has 0 heterocycles. The van der Waals surface area contributed by atoms with Crippen molar-refractivity contribution in [3.05, 3.63) is 0 Å². The number of hydrogen-bond donors (Lipinski definition) is 2. The first-order chi connectivity index (χ1) is 5.97. The Hall–Kier alpha value is -0.580. The molecule has 0 bridgehead atoms. The highest BCUT2D eigenvalue weighted by Crippen LogP contribution is 2.04. The Morgan fingerprint density at radius 3 is 2.31 bits per heavy atom. The van der Waals surface area contributed by atoms with Crippen molar-refractivity contribution >= 4 is 27.8 Å². The Labute approximate surface area is 85.8 Å². The molecule has 0 saturated carbocycles. The van der Waals surface area contributed by atoms with E-state index in [0.717, 1.165) is 0 Å². The van der Waals surface area contributed by atoms with E-state index in [-0.39, 0.29) is 17.2 Å². The monoisotopic (exact) mass is 251 g/mol. The summed E-state index contributed by atoms with van der Waals surface area (Å²) in [5, 5.41) is 11.3. The second kappa shape index (κ2) is 5.96. The standard InChI is InChI=1S/C8H14BrNO3/c1-5(2)3-6(8(12)13)10-7(11)4-9/h5-6H,3-4H2,1-2H3,(H,10,11)(H,12,13)/t6-/m0/s1. The molecule has 0 aromatic carbocycles. The molecule has 1 atom stereocenters.